The molecule has 1 aliphatic heterocycles. The lowest BCUT2D eigenvalue weighted by Gasteiger charge is -1.83. The highest BCUT2D eigenvalue weighted by Crippen LogP contribution is 2.09. The molecule has 4 heteroatoms. The molecule has 1 aromatic heterocycles. The van der Waals surface area contributed by atoms with E-state index >= 15 is 0 Å². The van der Waals surface area contributed by atoms with Gasteiger partial charge in [-0.1, -0.05) is 0 Å². The van der Waals surface area contributed by atoms with E-state index in [0.717, 1.165) is 6.54 Å². The first-order chi connectivity index (χ1) is 3.97. The summed E-state index contributed by atoms with van der Waals surface area (Å²) in [6, 6.07) is 0. The molecule has 0 bridgehead atoms. The van der Waals surface area contributed by atoms with E-state index in [-0.39, 0.29) is 0 Å². The number of hydrogen-bond acceptors (Lipinski definition) is 3. The van der Waals surface area contributed by atoms with Crippen LogP contribution < -0.4 is 0 Å². The second-order valence-corrected chi connectivity index (χ2v) is 1.59. The van der Waals surface area contributed by atoms with Crippen LogP contribution in [0.5, 0.6) is 0 Å². The molecule has 0 N–H and O–H groups in total. The van der Waals surface area contributed by atoms with Crippen molar-refractivity contribution in [1.82, 2.24) is 14.8 Å². The van der Waals surface area contributed by atoms with Gasteiger partial charge >= 0.3 is 0 Å². The largest absolute Gasteiger partial charge is 0.293 e. The smallest absolute Gasteiger partial charge is 0.250 e. The Bertz CT molecular complexity index is 224. The summed E-state index contributed by atoms with van der Waals surface area (Å²) < 4.78 is 1.88. The van der Waals surface area contributed by atoms with Crippen LogP contribution in [0.2, 0.25) is 0 Å². The molecule has 0 atom stereocenters. The van der Waals surface area contributed by atoms with Gasteiger partial charge in [0.1, 0.15) is 6.33 Å². The number of fused-ring (bicyclic) bond motifs is 1. The van der Waals surface area contributed by atoms with E-state index in [1.54, 1.807) is 6.33 Å². The van der Waals surface area contributed by atoms with E-state index in [0.29, 0.717) is 5.95 Å². The van der Waals surface area contributed by atoms with Gasteiger partial charge in [-0.2, -0.15) is 0 Å². The second-order valence-electron chi connectivity index (χ2n) is 1.59. The van der Waals surface area contributed by atoms with Crippen LogP contribution >= 0.6 is 0 Å². The highest BCUT2D eigenvalue weighted by atomic mass is 15.3. The summed E-state index contributed by atoms with van der Waals surface area (Å²) in [4.78, 5) is 3.92. The molecule has 2 rings (SSSR count). The van der Waals surface area contributed by atoms with Gasteiger partial charge in [-0.05, 0) is 0 Å². The van der Waals surface area contributed by atoms with Gasteiger partial charge in [0, 0.05) is 6.21 Å². The number of aliphatic imine (C=N–C) groups is 1. The van der Waals surface area contributed by atoms with E-state index in [4.69, 9.17) is 0 Å². The van der Waals surface area contributed by atoms with Crippen molar-refractivity contribution >= 4 is 12.2 Å². The topological polar surface area (TPSA) is 43.1 Å². The summed E-state index contributed by atoms with van der Waals surface area (Å²) in [5, 5.41) is 7.35. The lowest BCUT2D eigenvalue weighted by atomic mass is 10.7. The van der Waals surface area contributed by atoms with Crippen LogP contribution in [0.4, 0.5) is 5.95 Å². The van der Waals surface area contributed by atoms with Gasteiger partial charge in [-0.15, -0.1) is 10.2 Å². The third-order valence-electron chi connectivity index (χ3n) is 1.08. The lowest BCUT2D eigenvalue weighted by Crippen LogP contribution is -1.87. The van der Waals surface area contributed by atoms with Gasteiger partial charge in [0.25, 0.3) is 5.95 Å². The van der Waals surface area contributed by atoms with Gasteiger partial charge in [0.05, 0.1) is 6.54 Å². The highest BCUT2D eigenvalue weighted by molar-refractivity contribution is 5.64. The Labute approximate surface area is 45.9 Å². The third kappa shape index (κ3) is 0.318. The molecule has 8 heavy (non-hydrogen) atoms. The van der Waals surface area contributed by atoms with Crippen LogP contribution in [0.15, 0.2) is 11.3 Å². The molecule has 0 unspecified atom stereocenters. The molecular formula is C4H4N4. The van der Waals surface area contributed by atoms with Crippen LogP contribution in [-0.4, -0.2) is 21.0 Å². The van der Waals surface area contributed by atoms with Crippen molar-refractivity contribution in [3.63, 3.8) is 0 Å². The molecule has 0 fully saturated rings. The minimum Gasteiger partial charge on any atom is -0.293 e. The summed E-state index contributed by atoms with van der Waals surface area (Å²) in [7, 11) is 0. The quantitative estimate of drug-likeness (QED) is 0.469. The molecule has 4 nitrogen and oxygen atoms in total. The van der Waals surface area contributed by atoms with E-state index in [1.807, 2.05) is 10.8 Å². The van der Waals surface area contributed by atoms with Crippen LogP contribution in [0.25, 0.3) is 0 Å². The molecule has 0 aliphatic carbocycles. The summed E-state index contributed by atoms with van der Waals surface area (Å²) in [6.45, 7) is 0.822. The van der Waals surface area contributed by atoms with Gasteiger partial charge in [-0.3, -0.25) is 4.57 Å². The molecule has 1 aliphatic rings. The van der Waals surface area contributed by atoms with E-state index < -0.39 is 0 Å². The predicted octanol–water partition coefficient (Wildman–Crippen LogP) is -0.00600. The van der Waals surface area contributed by atoms with Gasteiger partial charge < -0.3 is 0 Å². The Morgan fingerprint density at radius 1 is 1.62 bits per heavy atom. The van der Waals surface area contributed by atoms with Crippen LogP contribution in [0.3, 0.4) is 0 Å². The van der Waals surface area contributed by atoms with Crippen molar-refractivity contribution in [2.75, 3.05) is 0 Å². The maximum atomic E-state index is 3.92. The van der Waals surface area contributed by atoms with E-state index in [2.05, 4.69) is 15.2 Å². The highest BCUT2D eigenvalue weighted by Gasteiger charge is 2.03. The zero-order valence-electron chi connectivity index (χ0n) is 4.15. The normalized spacial score (nSPS) is 14.5. The lowest BCUT2D eigenvalue weighted by molar-refractivity contribution is 0.893. The summed E-state index contributed by atoms with van der Waals surface area (Å²) >= 11 is 0. The molecule has 0 spiro atoms. The first-order valence-electron chi connectivity index (χ1n) is 2.37. The van der Waals surface area contributed by atoms with Crippen LogP contribution in [0, 0.1) is 0 Å². The summed E-state index contributed by atoms with van der Waals surface area (Å²) in [5.41, 5.74) is 0. The Hall–Kier alpha value is -1.19. The summed E-state index contributed by atoms with van der Waals surface area (Å²) in [5.74, 6) is 0.713. The standard InChI is InChI=1S/C4H4N4/c1-2-8-3-6-7-4(8)5-1/h1,3H,2H2. The van der Waals surface area contributed by atoms with Crippen molar-refractivity contribution in [3.8, 4) is 0 Å². The Morgan fingerprint density at radius 2 is 2.62 bits per heavy atom. The minimum atomic E-state index is 0.713. The molecule has 0 radical (unpaired) electrons. The summed E-state index contributed by atoms with van der Waals surface area (Å²) in [6.07, 6.45) is 3.48. The van der Waals surface area contributed by atoms with Gasteiger partial charge in [0.2, 0.25) is 0 Å². The Morgan fingerprint density at radius 3 is 3.50 bits per heavy atom. The molecular weight excluding hydrogens is 104 g/mol. The number of rotatable bonds is 0. The molecule has 1 aromatic rings. The van der Waals surface area contributed by atoms with Crippen molar-refractivity contribution in [2.45, 2.75) is 6.54 Å². The fourth-order valence-corrected chi connectivity index (χ4v) is 0.688. The molecule has 0 amide bonds. The molecule has 40 valence electrons. The van der Waals surface area contributed by atoms with Gasteiger partial charge in [-0.25, -0.2) is 4.99 Å². The maximum Gasteiger partial charge on any atom is 0.250 e. The van der Waals surface area contributed by atoms with Crippen molar-refractivity contribution in [2.24, 2.45) is 4.99 Å². The average Bonchev–Trinajstić information content (AvgIpc) is 2.15. The number of hydrogen-bond donors (Lipinski definition) is 0. The van der Waals surface area contributed by atoms with Crippen LogP contribution in [-0.2, 0) is 6.54 Å². The molecule has 0 saturated carbocycles. The zero-order valence-corrected chi connectivity index (χ0v) is 4.15. The number of nitrogens with zero attached hydrogens (tertiary/aromatic N) is 4. The fraction of sp³-hybridized carbons (Fsp3) is 0.250. The Kier molecular flexibility index (Phi) is 0.542. The maximum absolute atomic E-state index is 3.92. The average molecular weight is 108 g/mol. The second kappa shape index (κ2) is 1.15. The molecule has 0 aromatic carbocycles. The van der Waals surface area contributed by atoms with Crippen molar-refractivity contribution in [1.29, 1.82) is 0 Å². The van der Waals surface area contributed by atoms with E-state index in [9.17, 15) is 0 Å². The first-order valence-corrected chi connectivity index (χ1v) is 2.37. The predicted molar refractivity (Wildman–Crippen MR) is 28.2 cm³/mol. The fourth-order valence-electron chi connectivity index (χ4n) is 0.688. The first kappa shape index (κ1) is 3.77. The van der Waals surface area contributed by atoms with Crippen molar-refractivity contribution < 1.29 is 0 Å². The third-order valence-corrected chi connectivity index (χ3v) is 1.08. The van der Waals surface area contributed by atoms with Crippen LogP contribution in [0.1, 0.15) is 0 Å². The van der Waals surface area contributed by atoms with Crippen molar-refractivity contribution in [3.05, 3.63) is 6.33 Å². The SMILES string of the molecule is C1=Nc2nncn2C1. The molecule has 2 heterocycles. The minimum absolute atomic E-state index is 0.713. The monoisotopic (exact) mass is 108 g/mol. The number of aromatic nitrogens is 3. The van der Waals surface area contributed by atoms with E-state index in [1.165, 1.54) is 0 Å². The zero-order chi connectivity index (χ0) is 5.40. The Balaban J connectivity index is 2.67. The van der Waals surface area contributed by atoms with Gasteiger partial charge in [0.15, 0.2) is 0 Å². The molecule has 0 saturated heterocycles.